The van der Waals surface area contributed by atoms with Crippen LogP contribution in [0.2, 0.25) is 0 Å². The molecule has 0 atom stereocenters. The highest BCUT2D eigenvalue weighted by Crippen LogP contribution is 2.44. The zero-order chi connectivity index (χ0) is 14.2. The summed E-state index contributed by atoms with van der Waals surface area (Å²) in [6.07, 6.45) is 6.92. The molecule has 0 amide bonds. The molecule has 0 aliphatic heterocycles. The first-order valence-electron chi connectivity index (χ1n) is 8.28. The Kier molecular flexibility index (Phi) is 7.28. The van der Waals surface area contributed by atoms with Crippen molar-refractivity contribution in [2.45, 2.75) is 38.1 Å². The normalized spacial score (nSPS) is 19.2. The molecular weight excluding hydrogens is 252 g/mol. The van der Waals surface area contributed by atoms with Crippen molar-refractivity contribution in [1.82, 2.24) is 10.2 Å². The summed E-state index contributed by atoms with van der Waals surface area (Å²) >= 11 is 0. The number of hydrogen-bond acceptors (Lipinski definition) is 4. The van der Waals surface area contributed by atoms with Crippen molar-refractivity contribution >= 4 is 0 Å². The van der Waals surface area contributed by atoms with E-state index in [2.05, 4.69) is 10.2 Å². The molecule has 2 rings (SSSR count). The van der Waals surface area contributed by atoms with Gasteiger partial charge in [-0.05, 0) is 43.9 Å². The van der Waals surface area contributed by atoms with Crippen LogP contribution in [0.5, 0.6) is 0 Å². The van der Waals surface area contributed by atoms with Crippen molar-refractivity contribution in [1.29, 1.82) is 0 Å². The third-order valence-electron chi connectivity index (χ3n) is 4.50. The van der Waals surface area contributed by atoms with E-state index in [1.807, 2.05) is 0 Å². The summed E-state index contributed by atoms with van der Waals surface area (Å²) in [6.45, 7) is 6.05. The van der Waals surface area contributed by atoms with Gasteiger partial charge in [0.15, 0.2) is 0 Å². The van der Waals surface area contributed by atoms with Gasteiger partial charge >= 0.3 is 0 Å². The monoisotopic (exact) mass is 284 g/mol. The molecule has 0 aromatic rings. The molecule has 2 aliphatic carbocycles. The molecule has 2 saturated carbocycles. The lowest BCUT2D eigenvalue weighted by Gasteiger charge is -2.24. The Labute approximate surface area is 124 Å². The molecule has 20 heavy (non-hydrogen) atoms. The number of methoxy groups -OCH3 is 2. The molecule has 0 spiro atoms. The van der Waals surface area contributed by atoms with Crippen LogP contribution in [0, 0.1) is 11.8 Å². The second-order valence-corrected chi connectivity index (χ2v) is 6.34. The van der Waals surface area contributed by atoms with Gasteiger partial charge in [0, 0.05) is 53.0 Å². The van der Waals surface area contributed by atoms with Crippen LogP contribution in [-0.2, 0) is 9.47 Å². The van der Waals surface area contributed by atoms with E-state index in [0.29, 0.717) is 0 Å². The molecule has 4 heteroatoms. The van der Waals surface area contributed by atoms with Gasteiger partial charge in [0.25, 0.3) is 0 Å². The topological polar surface area (TPSA) is 33.7 Å². The van der Waals surface area contributed by atoms with Crippen molar-refractivity contribution in [2.75, 3.05) is 53.6 Å². The summed E-state index contributed by atoms with van der Waals surface area (Å²) in [5.74, 6) is 1.98. The Bertz CT molecular complexity index is 243. The van der Waals surface area contributed by atoms with Crippen molar-refractivity contribution < 1.29 is 9.47 Å². The maximum absolute atomic E-state index is 5.21. The van der Waals surface area contributed by atoms with E-state index >= 15 is 0 Å². The minimum Gasteiger partial charge on any atom is -0.385 e. The van der Waals surface area contributed by atoms with Gasteiger partial charge in [0.05, 0.1) is 6.61 Å². The Morgan fingerprint density at radius 1 is 0.950 bits per heavy atom. The molecular formula is C16H32N2O2. The fraction of sp³-hybridized carbons (Fsp3) is 1.00. The SMILES string of the molecule is COCCCN(CCNC(C1CC1)C1CC1)CCOC. The van der Waals surface area contributed by atoms with Gasteiger partial charge in [-0.25, -0.2) is 0 Å². The molecule has 0 saturated heterocycles. The van der Waals surface area contributed by atoms with Crippen molar-refractivity contribution in [3.63, 3.8) is 0 Å². The third-order valence-corrected chi connectivity index (χ3v) is 4.50. The predicted molar refractivity (Wildman–Crippen MR) is 82.0 cm³/mol. The lowest BCUT2D eigenvalue weighted by Crippen LogP contribution is -2.40. The number of nitrogens with one attached hydrogen (secondary N) is 1. The second-order valence-electron chi connectivity index (χ2n) is 6.34. The summed E-state index contributed by atoms with van der Waals surface area (Å²) in [6, 6.07) is 0.818. The van der Waals surface area contributed by atoms with E-state index in [0.717, 1.165) is 63.7 Å². The maximum atomic E-state index is 5.21. The quantitative estimate of drug-likeness (QED) is 0.523. The van der Waals surface area contributed by atoms with E-state index in [1.54, 1.807) is 14.2 Å². The minimum atomic E-state index is 0.818. The van der Waals surface area contributed by atoms with Crippen LogP contribution < -0.4 is 5.32 Å². The van der Waals surface area contributed by atoms with Gasteiger partial charge in [-0.15, -0.1) is 0 Å². The molecule has 0 unspecified atom stereocenters. The van der Waals surface area contributed by atoms with Gasteiger partial charge in [0.1, 0.15) is 0 Å². The molecule has 0 bridgehead atoms. The zero-order valence-electron chi connectivity index (χ0n) is 13.3. The first-order chi connectivity index (χ1) is 9.85. The number of rotatable bonds is 13. The summed E-state index contributed by atoms with van der Waals surface area (Å²) < 4.78 is 10.4. The van der Waals surface area contributed by atoms with E-state index < -0.39 is 0 Å². The van der Waals surface area contributed by atoms with Crippen LogP contribution in [0.25, 0.3) is 0 Å². The smallest absolute Gasteiger partial charge is 0.0589 e. The van der Waals surface area contributed by atoms with Gasteiger partial charge in [-0.1, -0.05) is 0 Å². The lowest BCUT2D eigenvalue weighted by atomic mass is 10.1. The molecule has 0 radical (unpaired) electrons. The Morgan fingerprint density at radius 2 is 1.60 bits per heavy atom. The van der Waals surface area contributed by atoms with Crippen molar-refractivity contribution in [3.05, 3.63) is 0 Å². The van der Waals surface area contributed by atoms with Crippen molar-refractivity contribution in [3.8, 4) is 0 Å². The van der Waals surface area contributed by atoms with Crippen LogP contribution >= 0.6 is 0 Å². The average Bonchev–Trinajstić information content (AvgIpc) is 3.33. The highest BCUT2D eigenvalue weighted by molar-refractivity contribution is 4.96. The fourth-order valence-electron chi connectivity index (χ4n) is 3.01. The standard InChI is InChI=1S/C16H32N2O2/c1-19-12-3-9-18(11-13-20-2)10-8-17-16(14-4-5-14)15-6-7-15/h14-17H,3-13H2,1-2H3. The summed E-state index contributed by atoms with van der Waals surface area (Å²) in [5, 5.41) is 3.83. The molecule has 4 nitrogen and oxygen atoms in total. The molecule has 0 heterocycles. The van der Waals surface area contributed by atoms with Crippen molar-refractivity contribution in [2.24, 2.45) is 11.8 Å². The predicted octanol–water partition coefficient (Wildman–Crippen LogP) is 1.75. The number of ether oxygens (including phenoxy) is 2. The van der Waals surface area contributed by atoms with Gasteiger partial charge in [0.2, 0.25) is 0 Å². The fourth-order valence-corrected chi connectivity index (χ4v) is 3.01. The van der Waals surface area contributed by atoms with Crippen LogP contribution in [0.3, 0.4) is 0 Å². The second kappa shape index (κ2) is 8.98. The van der Waals surface area contributed by atoms with Gasteiger partial charge < -0.3 is 14.8 Å². The first kappa shape index (κ1) is 16.2. The molecule has 118 valence electrons. The van der Waals surface area contributed by atoms with Crippen LogP contribution in [0.15, 0.2) is 0 Å². The molecule has 0 aromatic heterocycles. The van der Waals surface area contributed by atoms with Gasteiger partial charge in [-0.2, -0.15) is 0 Å². The highest BCUT2D eigenvalue weighted by atomic mass is 16.5. The summed E-state index contributed by atoms with van der Waals surface area (Å²) in [4.78, 5) is 2.49. The third kappa shape index (κ3) is 6.08. The van der Waals surface area contributed by atoms with E-state index in [1.165, 1.54) is 25.7 Å². The van der Waals surface area contributed by atoms with E-state index in [-0.39, 0.29) is 0 Å². The van der Waals surface area contributed by atoms with Gasteiger partial charge in [-0.3, -0.25) is 4.90 Å². The van der Waals surface area contributed by atoms with Crippen LogP contribution in [0.4, 0.5) is 0 Å². The van der Waals surface area contributed by atoms with Crippen LogP contribution in [-0.4, -0.2) is 64.6 Å². The van der Waals surface area contributed by atoms with E-state index in [4.69, 9.17) is 9.47 Å². The molecule has 2 aliphatic rings. The molecule has 2 fully saturated rings. The zero-order valence-corrected chi connectivity index (χ0v) is 13.3. The van der Waals surface area contributed by atoms with E-state index in [9.17, 15) is 0 Å². The Morgan fingerprint density at radius 3 is 2.15 bits per heavy atom. The van der Waals surface area contributed by atoms with Crippen LogP contribution in [0.1, 0.15) is 32.1 Å². The highest BCUT2D eigenvalue weighted by Gasteiger charge is 2.40. The Balaban J connectivity index is 1.61. The largest absolute Gasteiger partial charge is 0.385 e. The maximum Gasteiger partial charge on any atom is 0.0589 e. The first-order valence-corrected chi connectivity index (χ1v) is 8.28. The minimum absolute atomic E-state index is 0.818. The summed E-state index contributed by atoms with van der Waals surface area (Å²) in [5.41, 5.74) is 0. The molecule has 1 N–H and O–H groups in total. The average molecular weight is 284 g/mol. The number of nitrogens with zero attached hydrogens (tertiary/aromatic N) is 1. The lowest BCUT2D eigenvalue weighted by molar-refractivity contribution is 0.132. The summed E-state index contributed by atoms with van der Waals surface area (Å²) in [7, 11) is 3.55. The molecule has 0 aromatic carbocycles. The Hall–Kier alpha value is -0.160. The number of hydrogen-bond donors (Lipinski definition) is 1.